The molecule has 0 saturated heterocycles. The van der Waals surface area contributed by atoms with Crippen molar-refractivity contribution in [3.05, 3.63) is 71.1 Å². The van der Waals surface area contributed by atoms with Crippen molar-refractivity contribution in [1.29, 1.82) is 5.26 Å². The lowest BCUT2D eigenvalue weighted by molar-refractivity contribution is -0.119. The summed E-state index contributed by atoms with van der Waals surface area (Å²) in [4.78, 5) is 30.6. The van der Waals surface area contributed by atoms with Gasteiger partial charge in [-0.25, -0.2) is 4.79 Å². The molecule has 0 aliphatic heterocycles. The second kappa shape index (κ2) is 8.75. The molecule has 4 aromatic rings. The van der Waals surface area contributed by atoms with Crippen LogP contribution in [0.3, 0.4) is 0 Å². The first-order chi connectivity index (χ1) is 16.2. The SMILES string of the molecule is N#Cc1oc2ccccc2c1NC(=O)COC(=O)c1c2c(nc3ccccc13)CCCCC2. The van der Waals surface area contributed by atoms with Gasteiger partial charge in [0, 0.05) is 16.5 Å². The fraction of sp³-hybridized carbons (Fsp3) is 0.231. The van der Waals surface area contributed by atoms with Gasteiger partial charge in [-0.2, -0.15) is 5.26 Å². The van der Waals surface area contributed by atoms with E-state index in [0.717, 1.165) is 54.3 Å². The summed E-state index contributed by atoms with van der Waals surface area (Å²) >= 11 is 0. The molecule has 1 N–H and O–H groups in total. The number of anilines is 1. The molecule has 0 fully saturated rings. The van der Waals surface area contributed by atoms with Crippen LogP contribution >= 0.6 is 0 Å². The number of nitrogens with zero attached hydrogens (tertiary/aromatic N) is 2. The van der Waals surface area contributed by atoms with Crippen molar-refractivity contribution in [3.8, 4) is 6.07 Å². The zero-order valence-electron chi connectivity index (χ0n) is 17.9. The smallest absolute Gasteiger partial charge is 0.339 e. The first kappa shape index (κ1) is 20.7. The number of nitrogens with one attached hydrogen (secondary N) is 1. The van der Waals surface area contributed by atoms with Crippen LogP contribution in [0.4, 0.5) is 5.69 Å². The molecule has 164 valence electrons. The molecule has 0 unspecified atom stereocenters. The largest absolute Gasteiger partial charge is 0.452 e. The number of nitriles is 1. The molecule has 1 aliphatic carbocycles. The van der Waals surface area contributed by atoms with Crippen LogP contribution in [0.15, 0.2) is 52.9 Å². The number of fused-ring (bicyclic) bond motifs is 3. The molecule has 7 heteroatoms. The highest BCUT2D eigenvalue weighted by molar-refractivity contribution is 6.07. The summed E-state index contributed by atoms with van der Waals surface area (Å²) in [5.74, 6) is -1.09. The number of furan rings is 1. The summed E-state index contributed by atoms with van der Waals surface area (Å²) in [5, 5.41) is 13.3. The molecule has 0 radical (unpaired) electrons. The molecular formula is C26H21N3O4. The van der Waals surface area contributed by atoms with E-state index in [2.05, 4.69) is 5.32 Å². The average Bonchev–Trinajstić information content (AvgIpc) is 3.01. The maximum atomic E-state index is 13.2. The summed E-state index contributed by atoms with van der Waals surface area (Å²) < 4.78 is 10.9. The summed E-state index contributed by atoms with van der Waals surface area (Å²) in [6, 6.07) is 16.5. The third kappa shape index (κ3) is 3.92. The second-order valence-electron chi connectivity index (χ2n) is 8.03. The molecule has 0 spiro atoms. The molecule has 5 rings (SSSR count). The van der Waals surface area contributed by atoms with E-state index in [1.807, 2.05) is 30.3 Å². The molecule has 0 atom stereocenters. The van der Waals surface area contributed by atoms with Gasteiger partial charge >= 0.3 is 5.97 Å². The maximum Gasteiger partial charge on any atom is 0.339 e. The zero-order valence-corrected chi connectivity index (χ0v) is 17.9. The highest BCUT2D eigenvalue weighted by atomic mass is 16.5. The molecule has 2 heterocycles. The number of rotatable bonds is 4. The van der Waals surface area contributed by atoms with Crippen LogP contribution in [-0.4, -0.2) is 23.5 Å². The van der Waals surface area contributed by atoms with Crippen molar-refractivity contribution in [2.24, 2.45) is 0 Å². The minimum absolute atomic E-state index is 0.00123. The Balaban J connectivity index is 1.40. The number of carbonyl (C=O) groups is 2. The van der Waals surface area contributed by atoms with E-state index >= 15 is 0 Å². The van der Waals surface area contributed by atoms with Gasteiger partial charge in [0.2, 0.25) is 5.76 Å². The van der Waals surface area contributed by atoms with Gasteiger partial charge in [-0.3, -0.25) is 9.78 Å². The van der Waals surface area contributed by atoms with Crippen LogP contribution in [0.1, 0.15) is 46.6 Å². The molecule has 2 aromatic carbocycles. The number of aromatic nitrogens is 1. The van der Waals surface area contributed by atoms with E-state index < -0.39 is 18.5 Å². The van der Waals surface area contributed by atoms with Gasteiger partial charge in [0.05, 0.1) is 11.1 Å². The third-order valence-electron chi connectivity index (χ3n) is 5.92. The number of amides is 1. The quantitative estimate of drug-likeness (QED) is 0.358. The Labute approximate surface area is 190 Å². The van der Waals surface area contributed by atoms with Crippen molar-refractivity contribution in [1.82, 2.24) is 4.98 Å². The van der Waals surface area contributed by atoms with Gasteiger partial charge in [0.25, 0.3) is 5.91 Å². The topological polar surface area (TPSA) is 105 Å². The zero-order chi connectivity index (χ0) is 22.8. The summed E-state index contributed by atoms with van der Waals surface area (Å²) in [5.41, 5.74) is 3.87. The van der Waals surface area contributed by atoms with Gasteiger partial charge in [0.1, 0.15) is 17.3 Å². The second-order valence-corrected chi connectivity index (χ2v) is 8.03. The van der Waals surface area contributed by atoms with Crippen LogP contribution in [0.2, 0.25) is 0 Å². The molecule has 7 nitrogen and oxygen atoms in total. The van der Waals surface area contributed by atoms with Gasteiger partial charge in [-0.1, -0.05) is 36.8 Å². The standard InChI is InChI=1S/C26H21N3O4/c27-14-22-25(18-10-5-7-13-21(18)33-22)29-23(30)15-32-26(31)24-16-8-2-1-3-11-19(16)28-20-12-6-4-9-17(20)24/h4-7,9-10,12-13H,1-3,8,11,15H2,(H,29,30). The molecule has 33 heavy (non-hydrogen) atoms. The average molecular weight is 439 g/mol. The van der Waals surface area contributed by atoms with Crippen molar-refractivity contribution in [2.45, 2.75) is 32.1 Å². The van der Waals surface area contributed by atoms with Crippen molar-refractivity contribution >= 4 is 39.4 Å². The Morgan fingerprint density at radius 3 is 2.64 bits per heavy atom. The van der Waals surface area contributed by atoms with Crippen LogP contribution in [0.25, 0.3) is 21.9 Å². The maximum absolute atomic E-state index is 13.2. The Hall–Kier alpha value is -4.18. The number of carbonyl (C=O) groups excluding carboxylic acids is 2. The Bertz CT molecular complexity index is 1430. The highest BCUT2D eigenvalue weighted by Crippen LogP contribution is 2.31. The predicted octanol–water partition coefficient (Wildman–Crippen LogP) is 4.92. The molecule has 1 amide bonds. The number of ether oxygens (including phenoxy) is 1. The highest BCUT2D eigenvalue weighted by Gasteiger charge is 2.24. The van der Waals surface area contributed by atoms with E-state index in [-0.39, 0.29) is 11.4 Å². The molecule has 2 aromatic heterocycles. The number of pyridine rings is 1. The van der Waals surface area contributed by atoms with E-state index in [4.69, 9.17) is 14.1 Å². The summed E-state index contributed by atoms with van der Waals surface area (Å²) in [6.07, 6.45) is 4.69. The number of aryl methyl sites for hydroxylation is 1. The van der Waals surface area contributed by atoms with Crippen molar-refractivity contribution < 1.29 is 18.7 Å². The van der Waals surface area contributed by atoms with E-state index in [1.54, 1.807) is 24.3 Å². The fourth-order valence-corrected chi connectivity index (χ4v) is 4.41. The minimum atomic E-state index is -0.546. The van der Waals surface area contributed by atoms with Gasteiger partial charge in [-0.15, -0.1) is 0 Å². The van der Waals surface area contributed by atoms with Gasteiger partial charge < -0.3 is 14.5 Å². The van der Waals surface area contributed by atoms with E-state index in [1.165, 1.54) is 0 Å². The summed E-state index contributed by atoms with van der Waals surface area (Å²) in [6.45, 7) is -0.478. The Morgan fingerprint density at radius 2 is 1.79 bits per heavy atom. The van der Waals surface area contributed by atoms with Crippen LogP contribution in [0, 0.1) is 11.3 Å². The summed E-state index contributed by atoms with van der Waals surface area (Å²) in [7, 11) is 0. The lowest BCUT2D eigenvalue weighted by Gasteiger charge is -2.15. The minimum Gasteiger partial charge on any atom is -0.452 e. The number of benzene rings is 2. The van der Waals surface area contributed by atoms with E-state index in [9.17, 15) is 14.9 Å². The number of hydrogen-bond acceptors (Lipinski definition) is 6. The molecule has 0 saturated carbocycles. The number of para-hydroxylation sites is 2. The molecular weight excluding hydrogens is 418 g/mol. The third-order valence-corrected chi connectivity index (χ3v) is 5.92. The van der Waals surface area contributed by atoms with Gasteiger partial charge in [0.15, 0.2) is 6.61 Å². The molecule has 1 aliphatic rings. The number of hydrogen-bond donors (Lipinski definition) is 1. The first-order valence-electron chi connectivity index (χ1n) is 10.9. The lowest BCUT2D eigenvalue weighted by Crippen LogP contribution is -2.22. The van der Waals surface area contributed by atoms with E-state index in [0.29, 0.717) is 16.5 Å². The Morgan fingerprint density at radius 1 is 1.03 bits per heavy atom. The van der Waals surface area contributed by atoms with Crippen LogP contribution in [0.5, 0.6) is 0 Å². The predicted molar refractivity (Wildman–Crippen MR) is 123 cm³/mol. The number of esters is 1. The molecule has 0 bridgehead atoms. The van der Waals surface area contributed by atoms with Crippen molar-refractivity contribution in [2.75, 3.05) is 11.9 Å². The van der Waals surface area contributed by atoms with Crippen LogP contribution < -0.4 is 5.32 Å². The first-order valence-corrected chi connectivity index (χ1v) is 10.9. The normalized spacial score (nSPS) is 13.2. The fourth-order valence-electron chi connectivity index (χ4n) is 4.41. The monoisotopic (exact) mass is 439 g/mol. The van der Waals surface area contributed by atoms with Crippen molar-refractivity contribution in [3.63, 3.8) is 0 Å². The Kier molecular flexibility index (Phi) is 5.49. The van der Waals surface area contributed by atoms with Gasteiger partial charge in [-0.05, 0) is 49.4 Å². The van der Waals surface area contributed by atoms with Crippen LogP contribution in [-0.2, 0) is 22.4 Å². The lowest BCUT2D eigenvalue weighted by atomic mass is 9.97.